The molecule has 0 aliphatic rings. The number of carbonyl (C=O) groups excluding carboxylic acids is 1. The lowest BCUT2D eigenvalue weighted by Crippen LogP contribution is -2.21. The second-order valence-electron chi connectivity index (χ2n) is 6.07. The average Bonchev–Trinajstić information content (AvgIpc) is 2.72. The minimum atomic E-state index is -0.507. The second kappa shape index (κ2) is 8.94. The first-order valence-electron chi connectivity index (χ1n) is 9.10. The fourth-order valence-electron chi connectivity index (χ4n) is 2.79. The Kier molecular flexibility index (Phi) is 6.16. The summed E-state index contributed by atoms with van der Waals surface area (Å²) in [5.41, 5.74) is 2.23. The first-order valence-corrected chi connectivity index (χ1v) is 9.10. The highest BCUT2D eigenvalue weighted by Crippen LogP contribution is 2.21. The summed E-state index contributed by atoms with van der Waals surface area (Å²) in [4.78, 5) is 22.7. The number of hydrogen-bond acceptors (Lipinski definition) is 5. The molecule has 0 aliphatic carbocycles. The maximum absolute atomic E-state index is 13.7. The van der Waals surface area contributed by atoms with Gasteiger partial charge in [0, 0.05) is 30.5 Å². The Bertz CT molecular complexity index is 942. The van der Waals surface area contributed by atoms with E-state index in [1.54, 1.807) is 12.1 Å². The zero-order valence-electron chi connectivity index (χ0n) is 15.8. The van der Waals surface area contributed by atoms with Crippen LogP contribution in [-0.4, -0.2) is 29.0 Å². The van der Waals surface area contributed by atoms with Crippen LogP contribution in [0.15, 0.2) is 60.9 Å². The molecule has 0 saturated carbocycles. The number of halogens is 1. The largest absolute Gasteiger partial charge is 0.372 e. The molecule has 6 nitrogen and oxygen atoms in total. The normalized spacial score (nSPS) is 10.4. The number of benzene rings is 2. The molecule has 28 heavy (non-hydrogen) atoms. The number of nitrogens with one attached hydrogen (secondary N) is 2. The molecule has 1 amide bonds. The first-order chi connectivity index (χ1) is 13.6. The Morgan fingerprint density at radius 3 is 2.43 bits per heavy atom. The van der Waals surface area contributed by atoms with Crippen LogP contribution >= 0.6 is 0 Å². The van der Waals surface area contributed by atoms with Crippen molar-refractivity contribution in [2.75, 3.05) is 28.6 Å². The van der Waals surface area contributed by atoms with Crippen molar-refractivity contribution in [3.05, 3.63) is 72.4 Å². The van der Waals surface area contributed by atoms with E-state index < -0.39 is 11.7 Å². The zero-order chi connectivity index (χ0) is 19.9. The molecule has 2 aromatic carbocycles. The number of nitrogens with zero attached hydrogens (tertiary/aromatic N) is 3. The zero-order valence-corrected chi connectivity index (χ0v) is 15.8. The summed E-state index contributed by atoms with van der Waals surface area (Å²) < 4.78 is 13.7. The van der Waals surface area contributed by atoms with Crippen LogP contribution in [0.5, 0.6) is 0 Å². The molecule has 0 fully saturated rings. The van der Waals surface area contributed by atoms with Crippen LogP contribution in [0.3, 0.4) is 0 Å². The van der Waals surface area contributed by atoms with Crippen molar-refractivity contribution in [2.45, 2.75) is 13.8 Å². The minimum absolute atomic E-state index is 0.104. The van der Waals surface area contributed by atoms with E-state index >= 15 is 0 Å². The summed E-state index contributed by atoms with van der Waals surface area (Å²) in [5, 5.41) is 5.67. The van der Waals surface area contributed by atoms with E-state index in [2.05, 4.69) is 39.3 Å². The molecule has 0 spiro atoms. The van der Waals surface area contributed by atoms with Crippen LogP contribution in [-0.2, 0) is 0 Å². The Hall–Kier alpha value is -3.48. The standard InChI is InChI=1S/C21H22FN5O/c1-3-27(4-2)16-11-9-15(10-12-16)25-20-13-19(23-14-24-20)21(28)26-18-8-6-5-7-17(18)22/h5-14H,3-4H2,1-2H3,(H,26,28)(H,23,24,25). The molecule has 1 aromatic heterocycles. The topological polar surface area (TPSA) is 70.2 Å². The third kappa shape index (κ3) is 4.62. The van der Waals surface area contributed by atoms with E-state index in [1.807, 2.05) is 24.3 Å². The van der Waals surface area contributed by atoms with Crippen molar-refractivity contribution in [3.63, 3.8) is 0 Å². The Labute approximate surface area is 163 Å². The molecule has 7 heteroatoms. The molecule has 0 saturated heterocycles. The summed E-state index contributed by atoms with van der Waals surface area (Å²) in [6.45, 7) is 6.11. The number of rotatable bonds is 7. The van der Waals surface area contributed by atoms with Gasteiger partial charge in [0.05, 0.1) is 5.69 Å². The second-order valence-corrected chi connectivity index (χ2v) is 6.07. The average molecular weight is 379 g/mol. The first kappa shape index (κ1) is 19.3. The molecule has 0 bridgehead atoms. The summed E-state index contributed by atoms with van der Waals surface area (Å²) in [6, 6.07) is 15.5. The van der Waals surface area contributed by atoms with Gasteiger partial charge in [-0.05, 0) is 50.2 Å². The number of para-hydroxylation sites is 1. The van der Waals surface area contributed by atoms with E-state index in [0.29, 0.717) is 5.82 Å². The van der Waals surface area contributed by atoms with Crippen LogP contribution in [0.4, 0.5) is 27.3 Å². The summed E-state index contributed by atoms with van der Waals surface area (Å²) >= 11 is 0. The Morgan fingerprint density at radius 1 is 1.04 bits per heavy atom. The molecule has 0 aliphatic heterocycles. The predicted octanol–water partition coefficient (Wildman–Crippen LogP) is 4.46. The van der Waals surface area contributed by atoms with Gasteiger partial charge in [-0.3, -0.25) is 4.79 Å². The minimum Gasteiger partial charge on any atom is -0.372 e. The lowest BCUT2D eigenvalue weighted by atomic mass is 10.2. The van der Waals surface area contributed by atoms with Gasteiger partial charge in [0.15, 0.2) is 0 Å². The van der Waals surface area contributed by atoms with Crippen molar-refractivity contribution in [3.8, 4) is 0 Å². The van der Waals surface area contributed by atoms with E-state index in [9.17, 15) is 9.18 Å². The predicted molar refractivity (Wildman–Crippen MR) is 110 cm³/mol. The van der Waals surface area contributed by atoms with Crippen molar-refractivity contribution in [2.24, 2.45) is 0 Å². The lowest BCUT2D eigenvalue weighted by molar-refractivity contribution is 0.102. The number of hydrogen-bond donors (Lipinski definition) is 2. The van der Waals surface area contributed by atoms with Crippen LogP contribution in [0, 0.1) is 5.82 Å². The van der Waals surface area contributed by atoms with Gasteiger partial charge in [0.25, 0.3) is 5.91 Å². The molecule has 3 rings (SSSR count). The van der Waals surface area contributed by atoms with Crippen molar-refractivity contribution >= 4 is 28.8 Å². The van der Waals surface area contributed by atoms with E-state index in [-0.39, 0.29) is 11.4 Å². The summed E-state index contributed by atoms with van der Waals surface area (Å²) in [7, 11) is 0. The molecule has 0 unspecified atom stereocenters. The van der Waals surface area contributed by atoms with Gasteiger partial charge in [0.1, 0.15) is 23.7 Å². The van der Waals surface area contributed by atoms with E-state index in [4.69, 9.17) is 0 Å². The molecule has 1 heterocycles. The highest BCUT2D eigenvalue weighted by Gasteiger charge is 2.11. The van der Waals surface area contributed by atoms with Gasteiger partial charge in [-0.2, -0.15) is 0 Å². The number of amides is 1. The SMILES string of the molecule is CCN(CC)c1ccc(Nc2cc(C(=O)Nc3ccccc3F)ncn2)cc1. The lowest BCUT2D eigenvalue weighted by Gasteiger charge is -2.21. The van der Waals surface area contributed by atoms with E-state index in [1.165, 1.54) is 24.5 Å². The fraction of sp³-hybridized carbons (Fsp3) is 0.190. The number of carbonyl (C=O) groups is 1. The molecule has 3 aromatic rings. The monoisotopic (exact) mass is 379 g/mol. The fourth-order valence-corrected chi connectivity index (χ4v) is 2.79. The van der Waals surface area contributed by atoms with E-state index in [0.717, 1.165) is 24.5 Å². The van der Waals surface area contributed by atoms with Crippen LogP contribution in [0.25, 0.3) is 0 Å². The summed E-state index contributed by atoms with van der Waals surface area (Å²) in [5.74, 6) is -0.534. The van der Waals surface area contributed by atoms with Crippen LogP contribution < -0.4 is 15.5 Å². The van der Waals surface area contributed by atoms with Gasteiger partial charge >= 0.3 is 0 Å². The molecule has 0 radical (unpaired) electrons. The Morgan fingerprint density at radius 2 is 1.75 bits per heavy atom. The van der Waals surface area contributed by atoms with Gasteiger partial charge in [-0.1, -0.05) is 12.1 Å². The van der Waals surface area contributed by atoms with Gasteiger partial charge in [0.2, 0.25) is 0 Å². The quantitative estimate of drug-likeness (QED) is 0.634. The van der Waals surface area contributed by atoms with Crippen molar-refractivity contribution in [1.82, 2.24) is 9.97 Å². The van der Waals surface area contributed by atoms with Crippen molar-refractivity contribution < 1.29 is 9.18 Å². The van der Waals surface area contributed by atoms with Crippen LogP contribution in [0.1, 0.15) is 24.3 Å². The van der Waals surface area contributed by atoms with Gasteiger partial charge in [-0.25, -0.2) is 14.4 Å². The maximum Gasteiger partial charge on any atom is 0.274 e. The molecular formula is C21H22FN5O. The van der Waals surface area contributed by atoms with Crippen LogP contribution in [0.2, 0.25) is 0 Å². The molecule has 144 valence electrons. The number of aromatic nitrogens is 2. The number of anilines is 4. The highest BCUT2D eigenvalue weighted by molar-refractivity contribution is 6.03. The van der Waals surface area contributed by atoms with Gasteiger partial charge in [-0.15, -0.1) is 0 Å². The van der Waals surface area contributed by atoms with Crippen molar-refractivity contribution in [1.29, 1.82) is 0 Å². The maximum atomic E-state index is 13.7. The molecule has 0 atom stereocenters. The molecule has 2 N–H and O–H groups in total. The third-order valence-electron chi connectivity index (χ3n) is 4.29. The third-order valence-corrected chi connectivity index (χ3v) is 4.29. The van der Waals surface area contributed by atoms with Gasteiger partial charge < -0.3 is 15.5 Å². The highest BCUT2D eigenvalue weighted by atomic mass is 19.1. The smallest absolute Gasteiger partial charge is 0.274 e. The molecular weight excluding hydrogens is 357 g/mol. The Balaban J connectivity index is 1.71. The summed E-state index contributed by atoms with van der Waals surface area (Å²) in [6.07, 6.45) is 1.29.